The zero-order valence-electron chi connectivity index (χ0n) is 15.9. The molecule has 0 unspecified atom stereocenters. The van der Waals surface area contributed by atoms with Gasteiger partial charge in [-0.05, 0) is 43.2 Å². The van der Waals surface area contributed by atoms with E-state index in [4.69, 9.17) is 4.42 Å². The third-order valence-electron chi connectivity index (χ3n) is 4.48. The molecule has 0 bridgehead atoms. The van der Waals surface area contributed by atoms with Crippen LogP contribution in [0.15, 0.2) is 58.1 Å². The number of amides is 1. The van der Waals surface area contributed by atoms with Crippen LogP contribution in [0.2, 0.25) is 0 Å². The number of carbonyl (C=O) groups is 1. The summed E-state index contributed by atoms with van der Waals surface area (Å²) in [6.07, 6.45) is 0. The molecule has 0 saturated heterocycles. The van der Waals surface area contributed by atoms with Crippen LogP contribution in [-0.2, 0) is 11.8 Å². The Morgan fingerprint density at radius 1 is 1.14 bits per heavy atom. The van der Waals surface area contributed by atoms with E-state index in [1.807, 2.05) is 74.0 Å². The number of anilines is 1. The Morgan fingerprint density at radius 2 is 1.96 bits per heavy atom. The molecule has 7 heteroatoms. The maximum atomic E-state index is 12.3. The fourth-order valence-electron chi connectivity index (χ4n) is 2.93. The number of rotatable bonds is 5. The first-order chi connectivity index (χ1) is 13.5. The summed E-state index contributed by atoms with van der Waals surface area (Å²) in [7, 11) is 1.87. The third kappa shape index (κ3) is 3.66. The standard InChI is InChI=1S/C21H20N4O2S/c1-13-8-9-14(2)16(10-13)22-19(26)12-28-21-24-23-20(25(21)3)18-11-15-6-4-5-7-17(15)27-18/h4-11H,12H2,1-3H3,(H,22,26). The molecule has 0 aliphatic carbocycles. The van der Waals surface area contributed by atoms with Crippen LogP contribution in [0.3, 0.4) is 0 Å². The molecule has 4 aromatic rings. The zero-order valence-corrected chi connectivity index (χ0v) is 16.7. The first-order valence-corrected chi connectivity index (χ1v) is 9.88. The lowest BCUT2D eigenvalue weighted by Crippen LogP contribution is -2.15. The summed E-state index contributed by atoms with van der Waals surface area (Å²) in [5.74, 6) is 1.46. The molecular formula is C21H20N4O2S. The van der Waals surface area contributed by atoms with E-state index in [1.54, 1.807) is 0 Å². The molecule has 1 N–H and O–H groups in total. The Kier molecular flexibility index (Phi) is 4.92. The Hall–Kier alpha value is -3.06. The van der Waals surface area contributed by atoms with E-state index in [9.17, 15) is 4.79 Å². The Bertz CT molecular complexity index is 1130. The zero-order chi connectivity index (χ0) is 19.7. The summed E-state index contributed by atoms with van der Waals surface area (Å²) < 4.78 is 7.71. The number of aryl methyl sites for hydroxylation is 2. The van der Waals surface area contributed by atoms with Crippen molar-refractivity contribution in [2.75, 3.05) is 11.1 Å². The number of fused-ring (bicyclic) bond motifs is 1. The van der Waals surface area contributed by atoms with Gasteiger partial charge < -0.3 is 14.3 Å². The number of nitrogens with zero attached hydrogens (tertiary/aromatic N) is 3. The molecule has 0 aliphatic rings. The summed E-state index contributed by atoms with van der Waals surface area (Å²) in [6, 6.07) is 15.8. The largest absolute Gasteiger partial charge is 0.453 e. The van der Waals surface area contributed by atoms with Crippen LogP contribution in [0.4, 0.5) is 5.69 Å². The van der Waals surface area contributed by atoms with E-state index in [-0.39, 0.29) is 11.7 Å². The molecule has 0 radical (unpaired) electrons. The van der Waals surface area contributed by atoms with Crippen molar-refractivity contribution in [2.24, 2.45) is 7.05 Å². The van der Waals surface area contributed by atoms with Gasteiger partial charge in [0.2, 0.25) is 5.91 Å². The minimum Gasteiger partial charge on any atom is -0.453 e. The predicted octanol–water partition coefficient (Wildman–Crippen LogP) is 4.58. The van der Waals surface area contributed by atoms with Crippen molar-refractivity contribution in [2.45, 2.75) is 19.0 Å². The van der Waals surface area contributed by atoms with E-state index in [0.717, 1.165) is 27.8 Å². The molecule has 0 aliphatic heterocycles. The molecule has 6 nitrogen and oxygen atoms in total. The summed E-state index contributed by atoms with van der Waals surface area (Å²) in [6.45, 7) is 3.98. The molecule has 142 valence electrons. The SMILES string of the molecule is Cc1ccc(C)c(NC(=O)CSc2nnc(-c3cc4ccccc4o3)n2C)c1. The van der Waals surface area contributed by atoms with Gasteiger partial charge in [-0.1, -0.05) is 42.1 Å². The van der Waals surface area contributed by atoms with E-state index >= 15 is 0 Å². The second kappa shape index (κ2) is 7.52. The van der Waals surface area contributed by atoms with Crippen LogP contribution in [-0.4, -0.2) is 26.4 Å². The van der Waals surface area contributed by atoms with Crippen molar-refractivity contribution in [3.8, 4) is 11.6 Å². The molecular weight excluding hydrogens is 372 g/mol. The minimum atomic E-state index is -0.0769. The highest BCUT2D eigenvalue weighted by molar-refractivity contribution is 7.99. The van der Waals surface area contributed by atoms with Crippen molar-refractivity contribution < 1.29 is 9.21 Å². The highest BCUT2D eigenvalue weighted by Gasteiger charge is 2.16. The molecule has 2 aromatic carbocycles. The minimum absolute atomic E-state index is 0.0769. The maximum absolute atomic E-state index is 12.3. The van der Waals surface area contributed by atoms with Gasteiger partial charge in [0.15, 0.2) is 16.7 Å². The number of para-hydroxylation sites is 1. The van der Waals surface area contributed by atoms with Gasteiger partial charge in [0.1, 0.15) is 5.58 Å². The monoisotopic (exact) mass is 392 g/mol. The summed E-state index contributed by atoms with van der Waals surface area (Å²) in [5.41, 5.74) is 3.79. The molecule has 0 saturated carbocycles. The molecule has 0 atom stereocenters. The average Bonchev–Trinajstić information content (AvgIpc) is 3.26. The molecule has 2 aromatic heterocycles. The lowest BCUT2D eigenvalue weighted by molar-refractivity contribution is -0.113. The van der Waals surface area contributed by atoms with Crippen LogP contribution in [0, 0.1) is 13.8 Å². The quantitative estimate of drug-likeness (QED) is 0.504. The highest BCUT2D eigenvalue weighted by Crippen LogP contribution is 2.28. The number of aromatic nitrogens is 3. The molecule has 0 spiro atoms. The van der Waals surface area contributed by atoms with Crippen LogP contribution >= 0.6 is 11.8 Å². The van der Waals surface area contributed by atoms with Crippen molar-refractivity contribution in [1.82, 2.24) is 14.8 Å². The van der Waals surface area contributed by atoms with Gasteiger partial charge in [0.25, 0.3) is 0 Å². The van der Waals surface area contributed by atoms with Crippen molar-refractivity contribution in [1.29, 1.82) is 0 Å². The van der Waals surface area contributed by atoms with Crippen molar-refractivity contribution in [3.63, 3.8) is 0 Å². The van der Waals surface area contributed by atoms with E-state index in [2.05, 4.69) is 15.5 Å². The van der Waals surface area contributed by atoms with Gasteiger partial charge in [0.05, 0.1) is 5.75 Å². The molecule has 28 heavy (non-hydrogen) atoms. The van der Waals surface area contributed by atoms with Crippen molar-refractivity contribution in [3.05, 3.63) is 59.7 Å². The Balaban J connectivity index is 1.46. The second-order valence-electron chi connectivity index (χ2n) is 6.67. The molecule has 0 fully saturated rings. The first-order valence-electron chi connectivity index (χ1n) is 8.89. The van der Waals surface area contributed by atoms with Gasteiger partial charge >= 0.3 is 0 Å². The number of carbonyl (C=O) groups excluding carboxylic acids is 1. The summed E-state index contributed by atoms with van der Waals surface area (Å²) >= 11 is 1.34. The number of hydrogen-bond acceptors (Lipinski definition) is 5. The summed E-state index contributed by atoms with van der Waals surface area (Å²) in [4.78, 5) is 12.3. The Labute approximate surface area is 167 Å². The third-order valence-corrected chi connectivity index (χ3v) is 5.50. The first kappa shape index (κ1) is 18.3. The van der Waals surface area contributed by atoms with Gasteiger partial charge in [-0.2, -0.15) is 0 Å². The highest BCUT2D eigenvalue weighted by atomic mass is 32.2. The van der Waals surface area contributed by atoms with Gasteiger partial charge in [0, 0.05) is 18.1 Å². The van der Waals surface area contributed by atoms with E-state index in [1.165, 1.54) is 11.8 Å². The topological polar surface area (TPSA) is 73.0 Å². The average molecular weight is 392 g/mol. The number of nitrogens with one attached hydrogen (secondary N) is 1. The van der Waals surface area contributed by atoms with Crippen LogP contribution in [0.25, 0.3) is 22.6 Å². The molecule has 4 rings (SSSR count). The number of thioether (sulfide) groups is 1. The molecule has 2 heterocycles. The van der Waals surface area contributed by atoms with Crippen molar-refractivity contribution >= 4 is 34.3 Å². The number of furan rings is 1. The maximum Gasteiger partial charge on any atom is 0.234 e. The second-order valence-corrected chi connectivity index (χ2v) is 7.61. The van der Waals surface area contributed by atoms with Gasteiger partial charge in [-0.15, -0.1) is 10.2 Å². The number of benzene rings is 2. The smallest absolute Gasteiger partial charge is 0.234 e. The normalized spacial score (nSPS) is 11.1. The van der Waals surface area contributed by atoms with Gasteiger partial charge in [-0.25, -0.2) is 0 Å². The van der Waals surface area contributed by atoms with Gasteiger partial charge in [-0.3, -0.25) is 4.79 Å². The van der Waals surface area contributed by atoms with E-state index < -0.39 is 0 Å². The lowest BCUT2D eigenvalue weighted by atomic mass is 10.1. The fourth-order valence-corrected chi connectivity index (χ4v) is 3.65. The van der Waals surface area contributed by atoms with E-state index in [0.29, 0.717) is 16.7 Å². The predicted molar refractivity (Wildman–Crippen MR) is 111 cm³/mol. The number of hydrogen-bond donors (Lipinski definition) is 1. The van der Waals surface area contributed by atoms with Crippen LogP contribution in [0.1, 0.15) is 11.1 Å². The lowest BCUT2D eigenvalue weighted by Gasteiger charge is -2.09. The Morgan fingerprint density at radius 3 is 2.79 bits per heavy atom. The van der Waals surface area contributed by atoms with Crippen LogP contribution < -0.4 is 5.32 Å². The summed E-state index contributed by atoms with van der Waals surface area (Å²) in [5, 5.41) is 13.1. The fraction of sp³-hybridized carbons (Fsp3) is 0.190. The van der Waals surface area contributed by atoms with Crippen LogP contribution in [0.5, 0.6) is 0 Å². The molecule has 1 amide bonds.